The van der Waals surface area contributed by atoms with Crippen molar-refractivity contribution < 1.29 is 4.39 Å². The zero-order valence-corrected chi connectivity index (χ0v) is 12.9. The molecule has 0 spiro atoms. The topological polar surface area (TPSA) is 12.9 Å². The van der Waals surface area contributed by atoms with Crippen LogP contribution in [0.2, 0.25) is 0 Å². The summed E-state index contributed by atoms with van der Waals surface area (Å²) in [7, 11) is 0. The van der Waals surface area contributed by atoms with Crippen LogP contribution < -0.4 is 0 Å². The van der Waals surface area contributed by atoms with Crippen molar-refractivity contribution >= 4 is 0 Å². The van der Waals surface area contributed by atoms with Gasteiger partial charge in [0.05, 0.1) is 0 Å². The van der Waals surface area contributed by atoms with Gasteiger partial charge in [-0.15, -0.1) is 0 Å². The van der Waals surface area contributed by atoms with Gasteiger partial charge >= 0.3 is 0 Å². The highest BCUT2D eigenvalue weighted by atomic mass is 19.1. The third-order valence-corrected chi connectivity index (χ3v) is 4.46. The molecule has 4 atom stereocenters. The Morgan fingerprint density at radius 3 is 2.75 bits per heavy atom. The third-order valence-electron chi connectivity index (χ3n) is 4.46. The normalized spacial score (nSPS) is 24.2. The van der Waals surface area contributed by atoms with Crippen molar-refractivity contribution in [2.75, 3.05) is 0 Å². The molecule has 0 bridgehead atoms. The van der Waals surface area contributed by atoms with Gasteiger partial charge in [0.25, 0.3) is 0 Å². The minimum atomic E-state index is -0.675. The summed E-state index contributed by atoms with van der Waals surface area (Å²) in [6.45, 7) is 10.2. The van der Waals surface area contributed by atoms with E-state index < -0.39 is 6.17 Å². The smallest absolute Gasteiger partial charge is 0.100 e. The van der Waals surface area contributed by atoms with E-state index >= 15 is 0 Å². The van der Waals surface area contributed by atoms with Gasteiger partial charge in [0.15, 0.2) is 0 Å². The van der Waals surface area contributed by atoms with Crippen molar-refractivity contribution in [1.29, 1.82) is 0 Å². The fourth-order valence-corrected chi connectivity index (χ4v) is 3.08. The first-order valence-corrected chi connectivity index (χ1v) is 7.77. The number of halogens is 1. The molecule has 1 aliphatic carbocycles. The van der Waals surface area contributed by atoms with E-state index in [1.807, 2.05) is 13.1 Å². The Balaban J connectivity index is 2.09. The summed E-state index contributed by atoms with van der Waals surface area (Å²) >= 11 is 0. The molecule has 0 saturated heterocycles. The Kier molecular flexibility index (Phi) is 4.95. The molecule has 1 aliphatic rings. The van der Waals surface area contributed by atoms with Gasteiger partial charge in [-0.05, 0) is 56.6 Å². The monoisotopic (exact) mass is 275 g/mol. The van der Waals surface area contributed by atoms with Crippen molar-refractivity contribution in [3.63, 3.8) is 0 Å². The van der Waals surface area contributed by atoms with Crippen LogP contribution in [0.3, 0.4) is 0 Å². The van der Waals surface area contributed by atoms with Gasteiger partial charge in [-0.25, -0.2) is 4.39 Å². The second kappa shape index (κ2) is 6.51. The number of rotatable bonds is 7. The average Bonchev–Trinajstić information content (AvgIpc) is 3.17. The summed E-state index contributed by atoms with van der Waals surface area (Å²) in [6.07, 6.45) is 5.42. The minimum Gasteiger partial charge on any atom is -0.260 e. The molecule has 0 N–H and O–H groups in total. The summed E-state index contributed by atoms with van der Waals surface area (Å²) in [5.74, 6) is 1.07. The number of hydrogen-bond acceptors (Lipinski definition) is 1. The Bertz CT molecular complexity index is 449. The van der Waals surface area contributed by atoms with E-state index in [4.69, 9.17) is 0 Å². The van der Waals surface area contributed by atoms with Crippen molar-refractivity contribution in [3.05, 3.63) is 41.7 Å². The molecule has 2 rings (SSSR count). The van der Waals surface area contributed by atoms with Gasteiger partial charge in [0.2, 0.25) is 0 Å². The standard InChI is InChI=1S/C18H26FN/c1-5-6-13(3)16(9-15-10-17(15)14(4)19)18-8-7-12(2)11-20-18/h7-8,11,14-17H,3,5-6,9-10H2,1-2,4H3. The highest BCUT2D eigenvalue weighted by Gasteiger charge is 2.42. The maximum Gasteiger partial charge on any atom is 0.100 e. The SMILES string of the molecule is C=C(CCC)C(CC1CC1C(C)F)c1ccc(C)cn1. The number of nitrogens with zero attached hydrogens (tertiary/aromatic N) is 1. The lowest BCUT2D eigenvalue weighted by atomic mass is 9.87. The zero-order valence-electron chi connectivity index (χ0n) is 12.9. The molecule has 110 valence electrons. The number of aryl methyl sites for hydroxylation is 1. The highest BCUT2D eigenvalue weighted by molar-refractivity contribution is 5.24. The van der Waals surface area contributed by atoms with Crippen molar-refractivity contribution in [2.45, 2.75) is 58.5 Å². The van der Waals surface area contributed by atoms with E-state index in [0.717, 1.165) is 31.4 Å². The lowest BCUT2D eigenvalue weighted by Gasteiger charge is -2.19. The fourth-order valence-electron chi connectivity index (χ4n) is 3.08. The van der Waals surface area contributed by atoms with Crippen LogP contribution in [0.1, 0.15) is 56.7 Å². The predicted molar refractivity (Wildman–Crippen MR) is 82.5 cm³/mol. The van der Waals surface area contributed by atoms with E-state index in [1.54, 1.807) is 6.92 Å². The zero-order chi connectivity index (χ0) is 14.7. The first-order valence-electron chi connectivity index (χ1n) is 7.77. The minimum absolute atomic E-state index is 0.261. The summed E-state index contributed by atoms with van der Waals surface area (Å²) in [5.41, 5.74) is 3.53. The second-order valence-corrected chi connectivity index (χ2v) is 6.29. The van der Waals surface area contributed by atoms with Crippen LogP contribution in [0.4, 0.5) is 4.39 Å². The number of alkyl halides is 1. The Labute approximate surface area is 122 Å². The number of aromatic nitrogens is 1. The largest absolute Gasteiger partial charge is 0.260 e. The van der Waals surface area contributed by atoms with Crippen LogP contribution in [0.25, 0.3) is 0 Å². The number of pyridine rings is 1. The molecular formula is C18H26FN. The van der Waals surface area contributed by atoms with Crippen LogP contribution >= 0.6 is 0 Å². The van der Waals surface area contributed by atoms with E-state index in [2.05, 4.69) is 30.6 Å². The van der Waals surface area contributed by atoms with Gasteiger partial charge in [-0.2, -0.15) is 0 Å². The Morgan fingerprint density at radius 2 is 2.25 bits per heavy atom. The molecular weight excluding hydrogens is 249 g/mol. The molecule has 0 radical (unpaired) electrons. The molecule has 0 amide bonds. The van der Waals surface area contributed by atoms with Crippen LogP contribution in [0, 0.1) is 18.8 Å². The fraction of sp³-hybridized carbons (Fsp3) is 0.611. The summed E-state index contributed by atoms with van der Waals surface area (Å²) < 4.78 is 13.4. The predicted octanol–water partition coefficient (Wildman–Crippen LogP) is 5.21. The average molecular weight is 275 g/mol. The van der Waals surface area contributed by atoms with Crippen molar-refractivity contribution in [3.8, 4) is 0 Å². The molecule has 1 heterocycles. The molecule has 1 saturated carbocycles. The van der Waals surface area contributed by atoms with Crippen LogP contribution in [-0.4, -0.2) is 11.2 Å². The maximum atomic E-state index is 13.4. The summed E-state index contributed by atoms with van der Waals surface area (Å²) in [5, 5.41) is 0. The van der Waals surface area contributed by atoms with Gasteiger partial charge in [-0.1, -0.05) is 31.6 Å². The molecule has 1 fully saturated rings. The molecule has 1 aromatic heterocycles. The first-order chi connectivity index (χ1) is 9.52. The maximum absolute atomic E-state index is 13.4. The van der Waals surface area contributed by atoms with Gasteiger partial charge in [0.1, 0.15) is 6.17 Å². The Hall–Kier alpha value is -1.18. The van der Waals surface area contributed by atoms with Crippen LogP contribution in [0.5, 0.6) is 0 Å². The molecule has 1 aromatic rings. The Morgan fingerprint density at radius 1 is 1.50 bits per heavy atom. The quantitative estimate of drug-likeness (QED) is 0.622. The molecule has 0 aromatic carbocycles. The third kappa shape index (κ3) is 3.68. The van der Waals surface area contributed by atoms with Crippen LogP contribution in [0.15, 0.2) is 30.5 Å². The number of hydrogen-bond donors (Lipinski definition) is 0. The highest BCUT2D eigenvalue weighted by Crippen LogP contribution is 2.49. The molecule has 20 heavy (non-hydrogen) atoms. The molecule has 4 unspecified atom stereocenters. The van der Waals surface area contributed by atoms with E-state index in [9.17, 15) is 4.39 Å². The summed E-state index contributed by atoms with van der Waals surface area (Å²) in [6, 6.07) is 4.22. The van der Waals surface area contributed by atoms with E-state index in [0.29, 0.717) is 11.8 Å². The molecule has 0 aliphatic heterocycles. The van der Waals surface area contributed by atoms with Gasteiger partial charge in [0, 0.05) is 17.8 Å². The molecule has 1 nitrogen and oxygen atoms in total. The van der Waals surface area contributed by atoms with E-state index in [-0.39, 0.29) is 5.92 Å². The van der Waals surface area contributed by atoms with E-state index in [1.165, 1.54) is 11.1 Å². The lowest BCUT2D eigenvalue weighted by molar-refractivity contribution is 0.306. The lowest BCUT2D eigenvalue weighted by Crippen LogP contribution is -2.08. The second-order valence-electron chi connectivity index (χ2n) is 6.29. The van der Waals surface area contributed by atoms with Gasteiger partial charge in [-0.3, -0.25) is 4.98 Å². The summed E-state index contributed by atoms with van der Waals surface area (Å²) in [4.78, 5) is 4.58. The first kappa shape index (κ1) is 15.2. The van der Waals surface area contributed by atoms with Crippen molar-refractivity contribution in [1.82, 2.24) is 4.98 Å². The van der Waals surface area contributed by atoms with Crippen LogP contribution in [-0.2, 0) is 0 Å². The van der Waals surface area contributed by atoms with Crippen molar-refractivity contribution in [2.24, 2.45) is 11.8 Å². The number of allylic oxidation sites excluding steroid dienone is 1. The van der Waals surface area contributed by atoms with Gasteiger partial charge < -0.3 is 0 Å². The molecule has 2 heteroatoms.